The average molecular weight is 627 g/mol. The molecule has 0 unspecified atom stereocenters. The van der Waals surface area contributed by atoms with E-state index in [-0.39, 0.29) is 21.6 Å². The number of hydrogen-bond acceptors (Lipinski definition) is 5. The molecule has 1 aliphatic carbocycles. The molecule has 1 fully saturated rings. The summed E-state index contributed by atoms with van der Waals surface area (Å²) in [4.78, 5) is 30.0. The first-order chi connectivity index (χ1) is 19.5. The fraction of sp³-hybridized carbons (Fsp3) is 0.618. The lowest BCUT2D eigenvalue weighted by atomic mass is 9.69. The number of carbonyl (C=O) groups is 2. The maximum Gasteiger partial charge on any atom is 0.405 e. The number of nitrogens with one attached hydrogen (secondary N) is 1. The molecule has 0 spiro atoms. The van der Waals surface area contributed by atoms with Crippen molar-refractivity contribution in [1.29, 1.82) is 0 Å². The molecule has 0 aliphatic heterocycles. The first-order valence-corrected chi connectivity index (χ1v) is 21.3. The van der Waals surface area contributed by atoms with Crippen LogP contribution < -0.4 is 5.32 Å². The molecule has 1 aliphatic rings. The largest absolute Gasteiger partial charge is 0.518 e. The lowest BCUT2D eigenvalue weighted by Crippen LogP contribution is -2.53. The van der Waals surface area contributed by atoms with Gasteiger partial charge in [-0.05, 0) is 93.5 Å². The van der Waals surface area contributed by atoms with E-state index in [0.717, 1.165) is 29.3 Å². The monoisotopic (exact) mass is 626 g/mol. The van der Waals surface area contributed by atoms with Crippen LogP contribution in [-0.4, -0.2) is 44.4 Å². The van der Waals surface area contributed by atoms with Gasteiger partial charge in [0, 0.05) is 5.39 Å². The highest BCUT2D eigenvalue weighted by Gasteiger charge is 2.51. The summed E-state index contributed by atoms with van der Waals surface area (Å²) >= 11 is 0. The molecule has 2 N–H and O–H groups in total. The standard InChI is InChI=1S/C34H54N2O5Si2/c1-24(35-30(38)39)27-16-15-26-14-13-25(23-28(26)36-27)17-18-34(29(37)40-42(9,10)31(2,3)4)21-19-33(8,20-22-34)41-43(11,12)32(5,6)7/h13-18,23-24,35H,19-22H2,1-12H3,(H,38,39)/b18-17+/t24-,33?,34?/m1/s1. The number of rotatable bonds is 8. The molecule has 1 atom stereocenters. The Balaban J connectivity index is 1.96. The van der Waals surface area contributed by atoms with Crippen molar-refractivity contribution in [3.63, 3.8) is 0 Å². The number of nitrogens with zero attached hydrogens (tertiary/aromatic N) is 1. The molecule has 9 heteroatoms. The van der Waals surface area contributed by atoms with Crippen molar-refractivity contribution in [3.05, 3.63) is 47.7 Å². The van der Waals surface area contributed by atoms with Crippen molar-refractivity contribution in [1.82, 2.24) is 10.3 Å². The zero-order valence-electron chi connectivity index (χ0n) is 28.5. The molecule has 0 saturated heterocycles. The Morgan fingerprint density at radius 3 is 2.05 bits per heavy atom. The van der Waals surface area contributed by atoms with Crippen molar-refractivity contribution < 1.29 is 23.5 Å². The molecule has 3 rings (SSSR count). The number of benzene rings is 1. The Morgan fingerprint density at radius 2 is 1.51 bits per heavy atom. The number of pyridine rings is 1. The molecule has 7 nitrogen and oxygen atoms in total. The van der Waals surface area contributed by atoms with E-state index in [1.807, 2.05) is 36.4 Å². The molecule has 2 aromatic rings. The smallest absolute Gasteiger partial charge is 0.405 e. The molecule has 1 aromatic carbocycles. The van der Waals surface area contributed by atoms with Crippen LogP contribution in [0.25, 0.3) is 17.0 Å². The Kier molecular flexibility index (Phi) is 9.86. The normalized spacial score (nSPS) is 22.9. The number of carboxylic acid groups (broad SMARTS) is 1. The van der Waals surface area contributed by atoms with Gasteiger partial charge in [0.05, 0.1) is 28.3 Å². The SMILES string of the molecule is C[C@@H](NC(=O)O)c1ccc2ccc(/C=C/C3(C(=O)O[Si](C)(C)C(C)(C)C)CCC(C)(O[Si](C)(C)C(C)(C)C)CC3)cc2n1. The van der Waals surface area contributed by atoms with Crippen molar-refractivity contribution in [2.75, 3.05) is 0 Å². The van der Waals surface area contributed by atoms with Crippen molar-refractivity contribution in [2.24, 2.45) is 5.41 Å². The first-order valence-electron chi connectivity index (χ1n) is 15.5. The van der Waals surface area contributed by atoms with Gasteiger partial charge in [0.2, 0.25) is 0 Å². The Bertz CT molecular complexity index is 1360. The highest BCUT2D eigenvalue weighted by Crippen LogP contribution is 2.49. The summed E-state index contributed by atoms with van der Waals surface area (Å²) in [6.07, 6.45) is 5.90. The molecular formula is C34H54N2O5Si2. The number of amides is 1. The van der Waals surface area contributed by atoms with E-state index in [9.17, 15) is 9.59 Å². The topological polar surface area (TPSA) is 97.8 Å². The molecular weight excluding hydrogens is 573 g/mol. The molecule has 43 heavy (non-hydrogen) atoms. The predicted molar refractivity (Wildman–Crippen MR) is 181 cm³/mol. The van der Waals surface area contributed by atoms with E-state index in [2.05, 4.69) is 86.0 Å². The number of aromatic nitrogens is 1. The third kappa shape index (κ3) is 8.16. The van der Waals surface area contributed by atoms with Gasteiger partial charge in [-0.2, -0.15) is 0 Å². The van der Waals surface area contributed by atoms with E-state index in [4.69, 9.17) is 18.9 Å². The second-order valence-corrected chi connectivity index (χ2v) is 25.3. The zero-order chi connectivity index (χ0) is 32.6. The highest BCUT2D eigenvalue weighted by molar-refractivity contribution is 6.75. The summed E-state index contributed by atoms with van der Waals surface area (Å²) < 4.78 is 13.4. The maximum absolute atomic E-state index is 14.1. The number of fused-ring (bicyclic) bond motifs is 1. The lowest BCUT2D eigenvalue weighted by molar-refractivity contribution is -0.148. The fourth-order valence-corrected chi connectivity index (χ4v) is 7.75. The van der Waals surface area contributed by atoms with Crippen LogP contribution in [0.5, 0.6) is 0 Å². The fourth-order valence-electron chi connectivity index (χ4n) is 5.03. The van der Waals surface area contributed by atoms with Crippen LogP contribution in [-0.2, 0) is 13.6 Å². The Hall–Kier alpha value is -2.50. The Morgan fingerprint density at radius 1 is 0.953 bits per heavy atom. The maximum atomic E-state index is 14.1. The second kappa shape index (κ2) is 12.1. The first kappa shape index (κ1) is 35.0. The van der Waals surface area contributed by atoms with Gasteiger partial charge >= 0.3 is 12.1 Å². The van der Waals surface area contributed by atoms with Gasteiger partial charge in [-0.1, -0.05) is 71.9 Å². The van der Waals surface area contributed by atoms with Crippen LogP contribution >= 0.6 is 0 Å². The minimum Gasteiger partial charge on any atom is -0.518 e. The minimum atomic E-state index is -2.34. The van der Waals surface area contributed by atoms with Crippen LogP contribution in [0, 0.1) is 5.41 Å². The van der Waals surface area contributed by atoms with E-state index in [1.165, 1.54) is 0 Å². The van der Waals surface area contributed by atoms with Gasteiger partial charge in [0.25, 0.3) is 8.32 Å². The molecule has 0 bridgehead atoms. The van der Waals surface area contributed by atoms with E-state index < -0.39 is 34.2 Å². The molecule has 238 valence electrons. The average Bonchev–Trinajstić information content (AvgIpc) is 2.85. The van der Waals surface area contributed by atoms with Crippen LogP contribution in [0.2, 0.25) is 36.3 Å². The summed E-state index contributed by atoms with van der Waals surface area (Å²) in [6.45, 7) is 26.1. The lowest BCUT2D eigenvalue weighted by Gasteiger charge is -2.49. The highest BCUT2D eigenvalue weighted by atomic mass is 28.4. The summed E-state index contributed by atoms with van der Waals surface area (Å²) in [5.41, 5.74) is 1.34. The van der Waals surface area contributed by atoms with E-state index in [0.29, 0.717) is 18.5 Å². The van der Waals surface area contributed by atoms with Crippen molar-refractivity contribution in [3.8, 4) is 0 Å². The van der Waals surface area contributed by atoms with Gasteiger partial charge < -0.3 is 19.3 Å². The van der Waals surface area contributed by atoms with E-state index in [1.54, 1.807) is 6.92 Å². The number of carbonyl (C=O) groups excluding carboxylic acids is 1. The summed E-state index contributed by atoms with van der Waals surface area (Å²) in [7, 11) is -4.33. The van der Waals surface area contributed by atoms with Crippen molar-refractivity contribution >= 4 is 45.7 Å². The molecule has 0 radical (unpaired) electrons. The van der Waals surface area contributed by atoms with Crippen molar-refractivity contribution in [2.45, 2.75) is 129 Å². The zero-order valence-corrected chi connectivity index (χ0v) is 30.5. The molecule has 1 aromatic heterocycles. The second-order valence-electron chi connectivity index (χ2n) is 15.8. The van der Waals surface area contributed by atoms with Gasteiger partial charge in [0.1, 0.15) is 0 Å². The van der Waals surface area contributed by atoms with Gasteiger partial charge in [-0.25, -0.2) is 4.79 Å². The van der Waals surface area contributed by atoms with Gasteiger partial charge in [0.15, 0.2) is 8.32 Å². The van der Waals surface area contributed by atoms with Gasteiger partial charge in [-0.3, -0.25) is 9.78 Å². The molecule has 1 saturated carbocycles. The molecule has 1 amide bonds. The quantitative estimate of drug-likeness (QED) is 0.283. The number of hydrogen-bond donors (Lipinski definition) is 2. The Labute approximate surface area is 261 Å². The predicted octanol–water partition coefficient (Wildman–Crippen LogP) is 9.47. The summed E-state index contributed by atoms with van der Waals surface area (Å²) in [6, 6.07) is 9.39. The third-order valence-electron chi connectivity index (χ3n) is 10.2. The van der Waals surface area contributed by atoms with Crippen LogP contribution in [0.3, 0.4) is 0 Å². The van der Waals surface area contributed by atoms with Crippen LogP contribution in [0.1, 0.15) is 98.4 Å². The van der Waals surface area contributed by atoms with E-state index >= 15 is 0 Å². The van der Waals surface area contributed by atoms with Gasteiger partial charge in [-0.15, -0.1) is 0 Å². The van der Waals surface area contributed by atoms with Crippen LogP contribution in [0.4, 0.5) is 4.79 Å². The third-order valence-corrected chi connectivity index (χ3v) is 19.1. The molecule has 1 heterocycles. The summed E-state index contributed by atoms with van der Waals surface area (Å²) in [5.74, 6) is -0.125. The summed E-state index contributed by atoms with van der Waals surface area (Å²) in [5, 5.41) is 12.6. The van der Waals surface area contributed by atoms with Crippen LogP contribution in [0.15, 0.2) is 36.4 Å². The minimum absolute atomic E-state index is 0.0868.